The Kier molecular flexibility index (Phi) is 5.00. The average molecular weight is 286 g/mol. The summed E-state index contributed by atoms with van der Waals surface area (Å²) in [5.41, 5.74) is 7.80. The highest BCUT2D eigenvalue weighted by atomic mass is 16.3. The van der Waals surface area contributed by atoms with Crippen LogP contribution in [0.4, 0.5) is 0 Å². The zero-order valence-corrected chi connectivity index (χ0v) is 12.6. The lowest BCUT2D eigenvalue weighted by molar-refractivity contribution is 0.0265. The third-order valence-electron chi connectivity index (χ3n) is 3.89. The molecule has 21 heavy (non-hydrogen) atoms. The van der Waals surface area contributed by atoms with Crippen LogP contribution in [-0.4, -0.2) is 42.2 Å². The quantitative estimate of drug-likeness (QED) is 0.819. The largest absolute Gasteiger partial charge is 0.393 e. The minimum absolute atomic E-state index is 0.00490. The van der Waals surface area contributed by atoms with Gasteiger partial charge in [-0.3, -0.25) is 4.79 Å². The van der Waals surface area contributed by atoms with Crippen molar-refractivity contribution in [1.82, 2.24) is 4.90 Å². The molecule has 1 aliphatic rings. The van der Waals surface area contributed by atoms with Crippen molar-refractivity contribution >= 4 is 5.91 Å². The van der Waals surface area contributed by atoms with Gasteiger partial charge in [-0.25, -0.2) is 0 Å². The number of rotatable bonds is 3. The Morgan fingerprint density at radius 2 is 2.19 bits per heavy atom. The highest BCUT2D eigenvalue weighted by molar-refractivity contribution is 5.95. The van der Waals surface area contributed by atoms with E-state index in [1.54, 1.807) is 4.90 Å². The fourth-order valence-corrected chi connectivity index (χ4v) is 2.61. The number of benzene rings is 1. The number of hydrogen-bond donors (Lipinski definition) is 2. The zero-order valence-electron chi connectivity index (χ0n) is 12.6. The molecule has 0 radical (unpaired) electrons. The van der Waals surface area contributed by atoms with Gasteiger partial charge in [0.25, 0.3) is 5.91 Å². The molecule has 2 rings (SSSR count). The summed E-state index contributed by atoms with van der Waals surface area (Å²) in [7, 11) is 1.81. The molecule has 1 aromatic carbocycles. The van der Waals surface area contributed by atoms with E-state index >= 15 is 0 Å². The minimum atomic E-state index is -0.185. The third kappa shape index (κ3) is 3.84. The monoisotopic (exact) mass is 286 g/mol. The topological polar surface area (TPSA) is 66.6 Å². The van der Waals surface area contributed by atoms with Crippen molar-refractivity contribution < 1.29 is 9.90 Å². The fourth-order valence-electron chi connectivity index (χ4n) is 2.61. The molecule has 4 heteroatoms. The van der Waals surface area contributed by atoms with Gasteiger partial charge < -0.3 is 15.7 Å². The number of amides is 1. The van der Waals surface area contributed by atoms with E-state index in [-0.39, 0.29) is 12.0 Å². The smallest absolute Gasteiger partial charge is 0.253 e. The van der Waals surface area contributed by atoms with Crippen LogP contribution in [0.5, 0.6) is 0 Å². The lowest BCUT2D eigenvalue weighted by Gasteiger charge is -2.34. The van der Waals surface area contributed by atoms with Gasteiger partial charge in [-0.05, 0) is 43.4 Å². The molecule has 0 bridgehead atoms. The predicted molar refractivity (Wildman–Crippen MR) is 82.8 cm³/mol. The summed E-state index contributed by atoms with van der Waals surface area (Å²) in [6.45, 7) is 2.92. The molecular weight excluding hydrogens is 264 g/mol. The van der Waals surface area contributed by atoms with E-state index in [0.717, 1.165) is 24.0 Å². The molecule has 1 amide bonds. The first-order chi connectivity index (χ1) is 10.0. The Balaban J connectivity index is 2.10. The molecule has 1 aromatic rings. The highest BCUT2D eigenvalue weighted by Gasteiger charge is 2.29. The summed E-state index contributed by atoms with van der Waals surface area (Å²) in [5, 5.41) is 9.32. The number of aliphatic hydroxyl groups is 1. The summed E-state index contributed by atoms with van der Waals surface area (Å²) in [6, 6.07) is 5.64. The van der Waals surface area contributed by atoms with E-state index < -0.39 is 0 Å². The molecule has 1 fully saturated rings. The maximum atomic E-state index is 12.5. The first-order valence-electron chi connectivity index (χ1n) is 7.24. The van der Waals surface area contributed by atoms with Gasteiger partial charge in [0.15, 0.2) is 0 Å². The third-order valence-corrected chi connectivity index (χ3v) is 3.89. The first-order valence-corrected chi connectivity index (χ1v) is 7.24. The zero-order chi connectivity index (χ0) is 15.4. The molecule has 3 N–H and O–H groups in total. The Bertz CT molecular complexity index is 580. The van der Waals surface area contributed by atoms with Crippen LogP contribution in [0, 0.1) is 24.7 Å². The number of carbonyl (C=O) groups excluding carboxylic acids is 1. The summed E-state index contributed by atoms with van der Waals surface area (Å²) in [6.07, 6.45) is 1.40. The van der Waals surface area contributed by atoms with Crippen LogP contribution < -0.4 is 5.73 Å². The van der Waals surface area contributed by atoms with Crippen molar-refractivity contribution in [2.75, 3.05) is 20.1 Å². The molecule has 0 unspecified atom stereocenters. The van der Waals surface area contributed by atoms with Gasteiger partial charge in [0.2, 0.25) is 0 Å². The second-order valence-corrected chi connectivity index (χ2v) is 5.71. The Labute approximate surface area is 125 Å². The van der Waals surface area contributed by atoms with E-state index in [9.17, 15) is 9.90 Å². The number of nitrogens with two attached hydrogens (primary N) is 1. The fraction of sp³-hybridized carbons (Fsp3) is 0.471. The van der Waals surface area contributed by atoms with Crippen molar-refractivity contribution in [3.05, 3.63) is 34.9 Å². The molecular formula is C17H22N2O2. The second-order valence-electron chi connectivity index (χ2n) is 5.71. The van der Waals surface area contributed by atoms with Gasteiger partial charge in [0.05, 0.1) is 12.6 Å². The maximum Gasteiger partial charge on any atom is 0.253 e. The molecule has 1 saturated carbocycles. The number of aryl methyl sites for hydroxylation is 1. The van der Waals surface area contributed by atoms with Crippen molar-refractivity contribution in [2.45, 2.75) is 25.9 Å². The SMILES string of the molecule is Cc1ccc(C#CCN)cc1C(=O)N(C)CC1CC(O)C1. The van der Waals surface area contributed by atoms with Crippen LogP contribution in [0.15, 0.2) is 18.2 Å². The highest BCUT2D eigenvalue weighted by Crippen LogP contribution is 2.28. The summed E-state index contributed by atoms with van der Waals surface area (Å²) in [5.74, 6) is 6.17. The van der Waals surface area contributed by atoms with Crippen molar-refractivity contribution in [3.8, 4) is 11.8 Å². The first kappa shape index (κ1) is 15.6. The van der Waals surface area contributed by atoms with Crippen LogP contribution in [0.1, 0.15) is 34.3 Å². The average Bonchev–Trinajstić information content (AvgIpc) is 2.44. The van der Waals surface area contributed by atoms with Gasteiger partial charge in [0, 0.05) is 24.7 Å². The van der Waals surface area contributed by atoms with Gasteiger partial charge in [-0.1, -0.05) is 17.9 Å². The lowest BCUT2D eigenvalue weighted by atomic mass is 9.82. The molecule has 0 spiro atoms. The van der Waals surface area contributed by atoms with Crippen LogP contribution in [0.2, 0.25) is 0 Å². The van der Waals surface area contributed by atoms with E-state index in [2.05, 4.69) is 11.8 Å². The molecule has 0 saturated heterocycles. The lowest BCUT2D eigenvalue weighted by Crippen LogP contribution is -2.39. The van der Waals surface area contributed by atoms with Gasteiger partial charge in [-0.2, -0.15) is 0 Å². The predicted octanol–water partition coefficient (Wildman–Crippen LogP) is 1.15. The van der Waals surface area contributed by atoms with Crippen LogP contribution in [0.25, 0.3) is 0 Å². The maximum absolute atomic E-state index is 12.5. The summed E-state index contributed by atoms with van der Waals surface area (Å²) < 4.78 is 0. The van der Waals surface area contributed by atoms with Crippen LogP contribution in [0.3, 0.4) is 0 Å². The number of nitrogens with zero attached hydrogens (tertiary/aromatic N) is 1. The van der Waals surface area contributed by atoms with E-state index in [4.69, 9.17) is 5.73 Å². The molecule has 112 valence electrons. The summed E-state index contributed by atoms with van der Waals surface area (Å²) in [4.78, 5) is 14.3. The molecule has 0 aromatic heterocycles. The standard InChI is InChI=1S/C17H22N2O2/c1-12-5-6-13(4-3-7-18)10-16(12)17(21)19(2)11-14-8-15(20)9-14/h5-6,10,14-15,20H,7-9,11,18H2,1-2H3. The van der Waals surface area contributed by atoms with Crippen molar-refractivity contribution in [2.24, 2.45) is 11.7 Å². The van der Waals surface area contributed by atoms with Gasteiger partial charge in [-0.15, -0.1) is 0 Å². The Morgan fingerprint density at radius 3 is 2.81 bits per heavy atom. The minimum Gasteiger partial charge on any atom is -0.393 e. The Morgan fingerprint density at radius 1 is 1.48 bits per heavy atom. The van der Waals surface area contributed by atoms with Crippen molar-refractivity contribution in [1.29, 1.82) is 0 Å². The number of carbonyl (C=O) groups is 1. The van der Waals surface area contributed by atoms with Crippen LogP contribution in [-0.2, 0) is 0 Å². The van der Waals surface area contributed by atoms with Gasteiger partial charge >= 0.3 is 0 Å². The molecule has 0 aliphatic heterocycles. The number of aliphatic hydroxyl groups excluding tert-OH is 1. The summed E-state index contributed by atoms with van der Waals surface area (Å²) >= 11 is 0. The second kappa shape index (κ2) is 6.75. The molecule has 1 aliphatic carbocycles. The van der Waals surface area contributed by atoms with Gasteiger partial charge in [0.1, 0.15) is 0 Å². The number of hydrogen-bond acceptors (Lipinski definition) is 3. The van der Waals surface area contributed by atoms with Crippen LogP contribution >= 0.6 is 0 Å². The molecule has 4 nitrogen and oxygen atoms in total. The Hall–Kier alpha value is -1.83. The molecule has 0 heterocycles. The van der Waals surface area contributed by atoms with E-state index in [1.807, 2.05) is 32.2 Å². The molecule has 0 atom stereocenters. The van der Waals surface area contributed by atoms with E-state index in [0.29, 0.717) is 24.6 Å². The van der Waals surface area contributed by atoms with Crippen molar-refractivity contribution in [3.63, 3.8) is 0 Å². The normalized spacial score (nSPS) is 20.2. The van der Waals surface area contributed by atoms with E-state index in [1.165, 1.54) is 0 Å².